The summed E-state index contributed by atoms with van der Waals surface area (Å²) in [5.41, 5.74) is 0. The van der Waals surface area contributed by atoms with Gasteiger partial charge in [0.05, 0.1) is 12.7 Å². The molecule has 2 atom stereocenters. The third-order valence-electron chi connectivity index (χ3n) is 3.85. The van der Waals surface area contributed by atoms with Crippen molar-refractivity contribution in [3.8, 4) is 0 Å². The van der Waals surface area contributed by atoms with E-state index in [2.05, 4.69) is 49.8 Å². The molecule has 0 unspecified atom stereocenters. The van der Waals surface area contributed by atoms with Crippen LogP contribution in [0.15, 0.2) is 0 Å². The second-order valence-corrected chi connectivity index (χ2v) is 12.4. The lowest BCUT2D eigenvalue weighted by Crippen LogP contribution is -2.44. The predicted octanol–water partition coefficient (Wildman–Crippen LogP) is 3.92. The van der Waals surface area contributed by atoms with E-state index >= 15 is 0 Å². The van der Waals surface area contributed by atoms with Gasteiger partial charge >= 0.3 is 0 Å². The Morgan fingerprint density at radius 2 is 1.67 bits per heavy atom. The summed E-state index contributed by atoms with van der Waals surface area (Å²) < 4.78 is 17.9. The molecule has 1 fully saturated rings. The molecule has 0 aromatic rings. The number of halogens is 1. The van der Waals surface area contributed by atoms with Gasteiger partial charge in [-0.3, -0.25) is 0 Å². The first-order valence-electron chi connectivity index (χ1n) is 6.54. The van der Waals surface area contributed by atoms with Crippen molar-refractivity contribution in [3.05, 3.63) is 0 Å². The normalized spacial score (nSPS) is 28.7. The van der Waals surface area contributed by atoms with Gasteiger partial charge in [-0.25, -0.2) is 0 Å². The third kappa shape index (κ3) is 4.03. The summed E-state index contributed by atoms with van der Waals surface area (Å²) in [6.07, 6.45) is 0.0956. The largest absolute Gasteiger partial charge is 0.414 e. The van der Waals surface area contributed by atoms with Crippen LogP contribution in [0, 0.1) is 0 Å². The van der Waals surface area contributed by atoms with Crippen molar-refractivity contribution < 1.29 is 13.9 Å². The summed E-state index contributed by atoms with van der Waals surface area (Å²) in [7, 11) is -1.71. The van der Waals surface area contributed by atoms with Gasteiger partial charge in [0.2, 0.25) is 0 Å². The van der Waals surface area contributed by atoms with Crippen molar-refractivity contribution in [3.63, 3.8) is 0 Å². The molecule has 1 aliphatic rings. The molecule has 0 spiro atoms. The van der Waals surface area contributed by atoms with Crippen LogP contribution in [0.3, 0.4) is 0 Å². The Hall–Kier alpha value is 0.577. The van der Waals surface area contributed by atoms with E-state index in [-0.39, 0.29) is 17.2 Å². The summed E-state index contributed by atoms with van der Waals surface area (Å²) in [6.45, 7) is 15.8. The Bertz CT molecular complexity index is 286. The van der Waals surface area contributed by atoms with E-state index in [0.717, 1.165) is 5.33 Å². The first-order valence-corrected chi connectivity index (χ1v) is 10.6. The van der Waals surface area contributed by atoms with Crippen molar-refractivity contribution in [2.45, 2.75) is 70.7 Å². The third-order valence-corrected chi connectivity index (χ3v) is 8.99. The average Bonchev–Trinajstić information content (AvgIpc) is 2.48. The average molecular weight is 339 g/mol. The van der Waals surface area contributed by atoms with Crippen molar-refractivity contribution in [1.82, 2.24) is 0 Å². The molecule has 0 bridgehead atoms. The Labute approximate surface area is 121 Å². The summed E-state index contributed by atoms with van der Waals surface area (Å²) >= 11 is 3.48. The van der Waals surface area contributed by atoms with Crippen LogP contribution in [0.5, 0.6) is 0 Å². The molecule has 5 heteroatoms. The smallest absolute Gasteiger partial charge is 0.192 e. The molecule has 0 radical (unpaired) electrons. The standard InChI is InChI=1S/C13H27BrO3Si/c1-12(2,3)18(6,7)15-9-11-10(8-14)16-13(4,5)17-11/h10-11H,8-9H2,1-7H3/t10-,11-/m0/s1. The molecule has 0 aliphatic carbocycles. The zero-order valence-electron chi connectivity index (χ0n) is 12.7. The highest BCUT2D eigenvalue weighted by Gasteiger charge is 2.43. The van der Waals surface area contributed by atoms with Crippen LogP contribution in [-0.2, 0) is 13.9 Å². The molecule has 18 heavy (non-hydrogen) atoms. The summed E-state index contributed by atoms with van der Waals surface area (Å²) in [5, 5.41) is 1.01. The molecular formula is C13H27BrO3Si. The Balaban J connectivity index is 2.58. The van der Waals surface area contributed by atoms with Crippen LogP contribution in [0.2, 0.25) is 18.1 Å². The van der Waals surface area contributed by atoms with E-state index in [1.54, 1.807) is 0 Å². The minimum Gasteiger partial charge on any atom is -0.414 e. The lowest BCUT2D eigenvalue weighted by Gasteiger charge is -2.37. The van der Waals surface area contributed by atoms with Crippen molar-refractivity contribution in [1.29, 1.82) is 0 Å². The van der Waals surface area contributed by atoms with Crippen LogP contribution in [0.25, 0.3) is 0 Å². The molecule has 0 N–H and O–H groups in total. The first-order chi connectivity index (χ1) is 7.98. The zero-order valence-corrected chi connectivity index (χ0v) is 15.3. The number of hydrogen-bond acceptors (Lipinski definition) is 3. The van der Waals surface area contributed by atoms with Gasteiger partial charge in [0.25, 0.3) is 0 Å². The van der Waals surface area contributed by atoms with Gasteiger partial charge in [0.15, 0.2) is 14.1 Å². The second kappa shape index (κ2) is 5.52. The fourth-order valence-corrected chi connectivity index (χ4v) is 3.25. The lowest BCUT2D eigenvalue weighted by atomic mass is 10.2. The topological polar surface area (TPSA) is 27.7 Å². The summed E-state index contributed by atoms with van der Waals surface area (Å²) in [5.74, 6) is -0.500. The van der Waals surface area contributed by atoms with Crippen LogP contribution < -0.4 is 0 Å². The van der Waals surface area contributed by atoms with Gasteiger partial charge < -0.3 is 13.9 Å². The number of hydrogen-bond donors (Lipinski definition) is 0. The highest BCUT2D eigenvalue weighted by molar-refractivity contribution is 9.09. The highest BCUT2D eigenvalue weighted by atomic mass is 79.9. The minimum atomic E-state index is -1.71. The molecule has 0 amide bonds. The number of rotatable bonds is 4. The van der Waals surface area contributed by atoms with E-state index in [1.807, 2.05) is 13.8 Å². The molecule has 0 saturated carbocycles. The van der Waals surface area contributed by atoms with Gasteiger partial charge in [-0.2, -0.15) is 0 Å². The quantitative estimate of drug-likeness (QED) is 0.574. The Morgan fingerprint density at radius 3 is 2.11 bits per heavy atom. The molecule has 0 aromatic carbocycles. The molecule has 1 rings (SSSR count). The SMILES string of the molecule is CC1(C)O[C@@H](CBr)[C@H](CO[Si](C)(C)C(C)(C)C)O1. The number of ether oxygens (including phenoxy) is 2. The van der Waals surface area contributed by atoms with Gasteiger partial charge in [-0.1, -0.05) is 36.7 Å². The predicted molar refractivity (Wildman–Crippen MR) is 80.8 cm³/mol. The monoisotopic (exact) mass is 338 g/mol. The van der Waals surface area contributed by atoms with Gasteiger partial charge in [-0.15, -0.1) is 0 Å². The molecular weight excluding hydrogens is 312 g/mol. The summed E-state index contributed by atoms with van der Waals surface area (Å²) in [6, 6.07) is 0. The number of alkyl halides is 1. The summed E-state index contributed by atoms with van der Waals surface area (Å²) in [4.78, 5) is 0. The van der Waals surface area contributed by atoms with Gasteiger partial charge in [0, 0.05) is 5.33 Å². The Kier molecular flexibility index (Phi) is 5.10. The van der Waals surface area contributed by atoms with Gasteiger partial charge in [-0.05, 0) is 32.0 Å². The zero-order chi connectivity index (χ0) is 14.2. The fraction of sp³-hybridized carbons (Fsp3) is 1.00. The van der Waals surface area contributed by atoms with Crippen LogP contribution >= 0.6 is 15.9 Å². The van der Waals surface area contributed by atoms with Crippen molar-refractivity contribution in [2.24, 2.45) is 0 Å². The minimum absolute atomic E-state index is 0.0218. The van der Waals surface area contributed by atoms with Crippen LogP contribution in [0.1, 0.15) is 34.6 Å². The maximum Gasteiger partial charge on any atom is 0.192 e. The van der Waals surface area contributed by atoms with E-state index in [9.17, 15) is 0 Å². The van der Waals surface area contributed by atoms with Crippen molar-refractivity contribution >= 4 is 24.2 Å². The first kappa shape index (κ1) is 16.6. The fourth-order valence-electron chi connectivity index (χ4n) is 1.69. The molecule has 1 saturated heterocycles. The maximum atomic E-state index is 6.22. The van der Waals surface area contributed by atoms with Crippen molar-refractivity contribution in [2.75, 3.05) is 11.9 Å². The van der Waals surface area contributed by atoms with Gasteiger partial charge in [0.1, 0.15) is 6.10 Å². The van der Waals surface area contributed by atoms with E-state index < -0.39 is 14.1 Å². The molecule has 1 aliphatic heterocycles. The van der Waals surface area contributed by atoms with Crippen LogP contribution in [0.4, 0.5) is 0 Å². The van der Waals surface area contributed by atoms with E-state index in [1.165, 1.54) is 0 Å². The second-order valence-electron chi connectivity index (χ2n) is 6.94. The maximum absolute atomic E-state index is 6.22. The molecule has 108 valence electrons. The van der Waals surface area contributed by atoms with E-state index in [0.29, 0.717) is 6.61 Å². The Morgan fingerprint density at radius 1 is 1.17 bits per heavy atom. The van der Waals surface area contributed by atoms with Crippen LogP contribution in [-0.4, -0.2) is 38.2 Å². The molecule has 0 aromatic heterocycles. The lowest BCUT2D eigenvalue weighted by molar-refractivity contribution is -0.147. The molecule has 3 nitrogen and oxygen atoms in total. The van der Waals surface area contributed by atoms with E-state index in [4.69, 9.17) is 13.9 Å². The molecule has 1 heterocycles. The highest BCUT2D eigenvalue weighted by Crippen LogP contribution is 2.37.